The first kappa shape index (κ1) is 24.0. The van der Waals surface area contributed by atoms with Gasteiger partial charge in [0.2, 0.25) is 5.95 Å². The molecule has 3 aromatic carbocycles. The normalized spacial score (nSPS) is 16.3. The van der Waals surface area contributed by atoms with Crippen LogP contribution in [0.5, 0.6) is 5.75 Å². The highest BCUT2D eigenvalue weighted by molar-refractivity contribution is 5.42. The van der Waals surface area contributed by atoms with Gasteiger partial charge in [0, 0.05) is 20.1 Å². The van der Waals surface area contributed by atoms with Crippen LogP contribution >= 0.6 is 0 Å². The van der Waals surface area contributed by atoms with Gasteiger partial charge in [0.25, 0.3) is 0 Å². The van der Waals surface area contributed by atoms with E-state index in [2.05, 4.69) is 38.8 Å². The van der Waals surface area contributed by atoms with Gasteiger partial charge in [-0.3, -0.25) is 4.57 Å². The van der Waals surface area contributed by atoms with Crippen LogP contribution in [0, 0.1) is 5.82 Å². The number of halogens is 1. The van der Waals surface area contributed by atoms with Crippen molar-refractivity contribution in [3.05, 3.63) is 107 Å². The zero-order chi connectivity index (χ0) is 24.9. The summed E-state index contributed by atoms with van der Waals surface area (Å²) >= 11 is 0. The van der Waals surface area contributed by atoms with E-state index in [9.17, 15) is 4.39 Å². The molecule has 7 heteroatoms. The molecule has 1 saturated heterocycles. The Morgan fingerprint density at radius 1 is 0.917 bits per heavy atom. The first-order chi connectivity index (χ1) is 17.7. The molecule has 1 aromatic heterocycles. The molecule has 2 unspecified atom stereocenters. The Morgan fingerprint density at radius 3 is 2.36 bits per heavy atom. The molecule has 0 amide bonds. The van der Waals surface area contributed by atoms with Gasteiger partial charge in [-0.05, 0) is 53.8 Å². The van der Waals surface area contributed by atoms with Gasteiger partial charge in [0.1, 0.15) is 17.7 Å². The Bertz CT molecular complexity index is 1260. The van der Waals surface area contributed by atoms with Gasteiger partial charge in [-0.1, -0.05) is 54.6 Å². The summed E-state index contributed by atoms with van der Waals surface area (Å²) in [5.41, 5.74) is 3.38. The Morgan fingerprint density at radius 2 is 1.67 bits per heavy atom. The maximum absolute atomic E-state index is 13.5. The third-order valence-electron chi connectivity index (χ3n) is 6.86. The highest BCUT2D eigenvalue weighted by Crippen LogP contribution is 2.37. The van der Waals surface area contributed by atoms with Crippen LogP contribution in [-0.4, -0.2) is 35.5 Å². The molecule has 0 spiro atoms. The molecule has 6 nitrogen and oxygen atoms in total. The summed E-state index contributed by atoms with van der Waals surface area (Å²) in [4.78, 5) is 2.35. The quantitative estimate of drug-likeness (QED) is 0.302. The first-order valence-corrected chi connectivity index (χ1v) is 12.3. The van der Waals surface area contributed by atoms with Gasteiger partial charge in [-0.2, -0.15) is 0 Å². The van der Waals surface area contributed by atoms with Crippen LogP contribution < -0.4 is 9.64 Å². The predicted octanol–water partition coefficient (Wildman–Crippen LogP) is 5.75. The van der Waals surface area contributed by atoms with Gasteiger partial charge < -0.3 is 14.4 Å². The SMILES string of the molecule is COc1ccc(C2CCCN2c2nnc(C(Cc3ccc(F)cc3)OC)n2Cc2ccccc2)cc1. The van der Waals surface area contributed by atoms with Crippen molar-refractivity contribution in [3.8, 4) is 5.75 Å². The van der Waals surface area contributed by atoms with Crippen molar-refractivity contribution in [2.75, 3.05) is 25.7 Å². The Kier molecular flexibility index (Phi) is 7.28. The Labute approximate surface area is 211 Å². The fourth-order valence-corrected chi connectivity index (χ4v) is 4.97. The van der Waals surface area contributed by atoms with Crippen molar-refractivity contribution < 1.29 is 13.9 Å². The fourth-order valence-electron chi connectivity index (χ4n) is 4.97. The topological polar surface area (TPSA) is 52.4 Å². The molecule has 1 fully saturated rings. The number of rotatable bonds is 9. The van der Waals surface area contributed by atoms with E-state index >= 15 is 0 Å². The average molecular weight is 487 g/mol. The van der Waals surface area contributed by atoms with Crippen LogP contribution in [0.2, 0.25) is 0 Å². The van der Waals surface area contributed by atoms with Crippen LogP contribution in [-0.2, 0) is 17.7 Å². The van der Waals surface area contributed by atoms with E-state index in [0.717, 1.165) is 48.0 Å². The van der Waals surface area contributed by atoms with Crippen molar-refractivity contribution in [3.63, 3.8) is 0 Å². The van der Waals surface area contributed by atoms with Crippen molar-refractivity contribution in [2.24, 2.45) is 0 Å². The summed E-state index contributed by atoms with van der Waals surface area (Å²) in [5.74, 6) is 2.21. The molecule has 0 bridgehead atoms. The highest BCUT2D eigenvalue weighted by atomic mass is 19.1. The number of nitrogens with zero attached hydrogens (tertiary/aromatic N) is 4. The molecule has 5 rings (SSSR count). The number of hydrogen-bond donors (Lipinski definition) is 0. The van der Waals surface area contributed by atoms with Crippen LogP contribution in [0.15, 0.2) is 78.9 Å². The van der Waals surface area contributed by atoms with Crippen LogP contribution in [0.25, 0.3) is 0 Å². The van der Waals surface area contributed by atoms with Crippen LogP contribution in [0.4, 0.5) is 10.3 Å². The molecule has 0 N–H and O–H groups in total. The zero-order valence-corrected chi connectivity index (χ0v) is 20.7. The molecule has 4 aromatic rings. The molecule has 186 valence electrons. The van der Waals surface area contributed by atoms with Gasteiger partial charge in [-0.15, -0.1) is 10.2 Å². The molecule has 0 aliphatic carbocycles. The first-order valence-electron chi connectivity index (χ1n) is 12.3. The third-order valence-corrected chi connectivity index (χ3v) is 6.86. The van der Waals surface area contributed by atoms with E-state index in [1.54, 1.807) is 26.4 Å². The van der Waals surface area contributed by atoms with E-state index < -0.39 is 0 Å². The van der Waals surface area contributed by atoms with Gasteiger partial charge in [-0.25, -0.2) is 4.39 Å². The number of benzene rings is 3. The van der Waals surface area contributed by atoms with Gasteiger partial charge in [0.15, 0.2) is 5.82 Å². The van der Waals surface area contributed by atoms with E-state index in [0.29, 0.717) is 13.0 Å². The summed E-state index contributed by atoms with van der Waals surface area (Å²) in [7, 11) is 3.37. The summed E-state index contributed by atoms with van der Waals surface area (Å²) in [6.07, 6.45) is 2.38. The standard InChI is InChI=1S/C29H31FN4O2/c1-35-25-16-12-23(13-17-25)26-9-6-18-33(26)29-32-31-28(34(29)20-22-7-4-3-5-8-22)27(36-2)19-21-10-14-24(30)15-11-21/h3-5,7-8,10-17,26-27H,6,9,18-20H2,1-2H3. The van der Waals surface area contributed by atoms with Crippen molar-refractivity contribution in [2.45, 2.75) is 38.0 Å². The second-order valence-electron chi connectivity index (χ2n) is 9.11. The van der Waals surface area contributed by atoms with E-state index in [1.807, 2.05) is 30.3 Å². The lowest BCUT2D eigenvalue weighted by atomic mass is 10.0. The molecule has 36 heavy (non-hydrogen) atoms. The minimum absolute atomic E-state index is 0.209. The third kappa shape index (κ3) is 5.11. The number of ether oxygens (including phenoxy) is 2. The van der Waals surface area contributed by atoms with Gasteiger partial charge in [0.05, 0.1) is 19.7 Å². The minimum Gasteiger partial charge on any atom is -0.497 e. The second kappa shape index (κ2) is 10.9. The lowest BCUT2D eigenvalue weighted by Gasteiger charge is -2.27. The van der Waals surface area contributed by atoms with E-state index in [1.165, 1.54) is 17.7 Å². The number of anilines is 1. The average Bonchev–Trinajstić information content (AvgIpc) is 3.56. The number of aromatic nitrogens is 3. The van der Waals surface area contributed by atoms with E-state index in [-0.39, 0.29) is 18.0 Å². The molecule has 1 aliphatic rings. The van der Waals surface area contributed by atoms with E-state index in [4.69, 9.17) is 14.6 Å². The number of hydrogen-bond acceptors (Lipinski definition) is 5. The highest BCUT2D eigenvalue weighted by Gasteiger charge is 2.32. The van der Waals surface area contributed by atoms with Crippen molar-refractivity contribution in [1.29, 1.82) is 0 Å². The van der Waals surface area contributed by atoms with Crippen LogP contribution in [0.3, 0.4) is 0 Å². The largest absolute Gasteiger partial charge is 0.497 e. The van der Waals surface area contributed by atoms with Gasteiger partial charge >= 0.3 is 0 Å². The number of methoxy groups -OCH3 is 2. The smallest absolute Gasteiger partial charge is 0.228 e. The summed E-state index contributed by atoms with van der Waals surface area (Å²) < 4.78 is 26.9. The molecular formula is C29H31FN4O2. The molecule has 2 atom stereocenters. The monoisotopic (exact) mass is 486 g/mol. The Balaban J connectivity index is 1.51. The second-order valence-corrected chi connectivity index (χ2v) is 9.11. The minimum atomic E-state index is -0.317. The molecule has 1 aliphatic heterocycles. The molecule has 0 saturated carbocycles. The molecule has 2 heterocycles. The fraction of sp³-hybridized carbons (Fsp3) is 0.310. The lowest BCUT2D eigenvalue weighted by Crippen LogP contribution is -2.27. The zero-order valence-electron chi connectivity index (χ0n) is 20.7. The summed E-state index contributed by atoms with van der Waals surface area (Å²) in [5, 5.41) is 9.35. The van der Waals surface area contributed by atoms with Crippen LogP contribution in [0.1, 0.15) is 47.5 Å². The van der Waals surface area contributed by atoms with Crippen molar-refractivity contribution in [1.82, 2.24) is 14.8 Å². The Hall–Kier alpha value is -3.71. The summed E-state index contributed by atoms with van der Waals surface area (Å²) in [6, 6.07) is 25.4. The lowest BCUT2D eigenvalue weighted by molar-refractivity contribution is 0.0929. The maximum Gasteiger partial charge on any atom is 0.228 e. The predicted molar refractivity (Wildman–Crippen MR) is 138 cm³/mol. The molecule has 0 radical (unpaired) electrons. The summed E-state index contributed by atoms with van der Waals surface area (Å²) in [6.45, 7) is 1.53. The van der Waals surface area contributed by atoms with Crippen molar-refractivity contribution >= 4 is 5.95 Å². The maximum atomic E-state index is 13.5. The molecular weight excluding hydrogens is 455 g/mol.